The number of carbonyl (C=O) groups is 2. The van der Waals surface area contributed by atoms with Gasteiger partial charge in [-0.05, 0) is 68.5 Å². The number of pyridine rings is 2. The van der Waals surface area contributed by atoms with Crippen molar-refractivity contribution in [1.82, 2.24) is 29.5 Å². The van der Waals surface area contributed by atoms with E-state index in [4.69, 9.17) is 4.74 Å². The molecule has 2 amide bonds. The Morgan fingerprint density at radius 2 is 1.70 bits per heavy atom. The van der Waals surface area contributed by atoms with Crippen molar-refractivity contribution in [2.45, 2.75) is 50.9 Å². The van der Waals surface area contributed by atoms with Crippen LogP contribution < -0.4 is 4.74 Å². The van der Waals surface area contributed by atoms with E-state index < -0.39 is 11.9 Å². The van der Waals surface area contributed by atoms with Gasteiger partial charge in [0.25, 0.3) is 11.8 Å². The number of amides is 2. The highest BCUT2D eigenvalue weighted by Gasteiger charge is 2.32. The van der Waals surface area contributed by atoms with E-state index in [1.165, 1.54) is 6.07 Å². The molecular formula is C31H31F3N6O3. The number of rotatable bonds is 6. The highest BCUT2D eigenvalue weighted by atomic mass is 19.4. The molecule has 224 valence electrons. The Morgan fingerprint density at radius 3 is 2.37 bits per heavy atom. The van der Waals surface area contributed by atoms with Crippen LogP contribution in [0.5, 0.6) is 5.75 Å². The maximum absolute atomic E-state index is 13.8. The number of hydrogen-bond donors (Lipinski definition) is 0. The lowest BCUT2D eigenvalue weighted by Gasteiger charge is -2.32. The topological polar surface area (TPSA) is 93.5 Å². The van der Waals surface area contributed by atoms with Crippen LogP contribution in [0.2, 0.25) is 0 Å². The minimum Gasteiger partial charge on any atom is -0.489 e. The minimum atomic E-state index is -4.51. The van der Waals surface area contributed by atoms with E-state index in [9.17, 15) is 22.8 Å². The summed E-state index contributed by atoms with van der Waals surface area (Å²) in [5, 5.41) is 4.88. The number of benzene rings is 1. The lowest BCUT2D eigenvalue weighted by atomic mass is 10.0. The molecule has 0 N–H and O–H groups in total. The number of carbonyl (C=O) groups excluding carboxylic acids is 2. The van der Waals surface area contributed by atoms with E-state index in [1.54, 1.807) is 35.4 Å². The monoisotopic (exact) mass is 592 g/mol. The van der Waals surface area contributed by atoms with Gasteiger partial charge in [-0.25, -0.2) is 4.98 Å². The number of aromatic nitrogens is 4. The standard InChI is InChI=1S/C31H31F3N6O3/c32-31(33,34)28-8-5-21(19-35-28)20-43-23-6-7-26-24(17-23)25(29(41)38-12-2-1-3-13-38)18-27(37-26)30(42)39-15-9-22(10-16-39)40-14-4-11-36-40/h4-8,11,14,17-19,22H,1-3,9-10,12-13,15-16,20H2. The van der Waals surface area contributed by atoms with Crippen LogP contribution in [0.15, 0.2) is 61.1 Å². The average molecular weight is 593 g/mol. The second kappa shape index (κ2) is 12.0. The highest BCUT2D eigenvalue weighted by molar-refractivity contribution is 6.09. The predicted molar refractivity (Wildman–Crippen MR) is 151 cm³/mol. The zero-order valence-electron chi connectivity index (χ0n) is 23.5. The number of hydrogen-bond acceptors (Lipinski definition) is 6. The van der Waals surface area contributed by atoms with Gasteiger partial charge >= 0.3 is 6.18 Å². The molecule has 6 rings (SSSR count). The Morgan fingerprint density at radius 1 is 0.930 bits per heavy atom. The summed E-state index contributed by atoms with van der Waals surface area (Å²) in [6, 6.07) is 11.0. The fourth-order valence-electron chi connectivity index (χ4n) is 5.68. The van der Waals surface area contributed by atoms with Gasteiger partial charge in [0.2, 0.25) is 0 Å². The van der Waals surface area contributed by atoms with Crippen LogP contribution in [0, 0.1) is 0 Å². The van der Waals surface area contributed by atoms with E-state index in [0.717, 1.165) is 44.4 Å². The summed E-state index contributed by atoms with van der Waals surface area (Å²) >= 11 is 0. The molecular weight excluding hydrogens is 561 g/mol. The molecule has 3 aromatic heterocycles. The van der Waals surface area contributed by atoms with Crippen molar-refractivity contribution in [2.75, 3.05) is 26.2 Å². The second-order valence-electron chi connectivity index (χ2n) is 10.9. The van der Waals surface area contributed by atoms with Crippen LogP contribution in [-0.2, 0) is 12.8 Å². The molecule has 1 aromatic carbocycles. The maximum atomic E-state index is 13.8. The van der Waals surface area contributed by atoms with Gasteiger partial charge in [0.15, 0.2) is 0 Å². The molecule has 0 atom stereocenters. The van der Waals surface area contributed by atoms with Crippen molar-refractivity contribution in [3.63, 3.8) is 0 Å². The van der Waals surface area contributed by atoms with E-state index >= 15 is 0 Å². The molecule has 0 bridgehead atoms. The van der Waals surface area contributed by atoms with Gasteiger partial charge in [-0.2, -0.15) is 18.3 Å². The van der Waals surface area contributed by atoms with Gasteiger partial charge < -0.3 is 14.5 Å². The van der Waals surface area contributed by atoms with Crippen molar-refractivity contribution in [3.05, 3.63) is 83.6 Å². The van der Waals surface area contributed by atoms with Crippen molar-refractivity contribution in [1.29, 1.82) is 0 Å². The summed E-state index contributed by atoms with van der Waals surface area (Å²) in [7, 11) is 0. The maximum Gasteiger partial charge on any atom is 0.433 e. The van der Waals surface area contributed by atoms with Crippen molar-refractivity contribution >= 4 is 22.7 Å². The fraction of sp³-hybridized carbons (Fsp3) is 0.387. The normalized spacial score (nSPS) is 16.4. The third-order valence-corrected chi connectivity index (χ3v) is 8.04. The first-order valence-corrected chi connectivity index (χ1v) is 14.4. The molecule has 2 fully saturated rings. The largest absolute Gasteiger partial charge is 0.489 e. The van der Waals surface area contributed by atoms with Gasteiger partial charge in [0, 0.05) is 55.7 Å². The van der Waals surface area contributed by atoms with Crippen molar-refractivity contribution in [3.8, 4) is 5.75 Å². The Labute approximate surface area is 246 Å². The zero-order valence-corrected chi connectivity index (χ0v) is 23.5. The smallest absolute Gasteiger partial charge is 0.433 e. The van der Waals surface area contributed by atoms with Crippen LogP contribution in [0.4, 0.5) is 13.2 Å². The number of alkyl halides is 3. The minimum absolute atomic E-state index is 0.00939. The molecule has 43 heavy (non-hydrogen) atoms. The second-order valence-corrected chi connectivity index (χ2v) is 10.9. The fourth-order valence-corrected chi connectivity index (χ4v) is 5.68. The van der Waals surface area contributed by atoms with Crippen molar-refractivity contribution < 1.29 is 27.5 Å². The number of fused-ring (bicyclic) bond motifs is 1. The lowest BCUT2D eigenvalue weighted by molar-refractivity contribution is -0.141. The van der Waals surface area contributed by atoms with Crippen LogP contribution in [-0.4, -0.2) is 67.5 Å². The summed E-state index contributed by atoms with van der Waals surface area (Å²) in [5.41, 5.74) is 0.578. The van der Waals surface area contributed by atoms with E-state index in [-0.39, 0.29) is 30.2 Å². The predicted octanol–water partition coefficient (Wildman–Crippen LogP) is 5.53. The van der Waals surface area contributed by atoms with Gasteiger partial charge in [0.05, 0.1) is 17.1 Å². The SMILES string of the molecule is O=C(c1cc(C(=O)N2CCCCC2)c2cc(OCc3ccc(C(F)(F)F)nc3)ccc2n1)N1CCC(n2cccn2)CC1. The third kappa shape index (κ3) is 6.32. The highest BCUT2D eigenvalue weighted by Crippen LogP contribution is 2.30. The van der Waals surface area contributed by atoms with Gasteiger partial charge in [-0.1, -0.05) is 6.07 Å². The first-order valence-electron chi connectivity index (χ1n) is 14.4. The molecule has 5 heterocycles. The lowest BCUT2D eigenvalue weighted by Crippen LogP contribution is -2.40. The van der Waals surface area contributed by atoms with Gasteiger partial charge in [-0.3, -0.25) is 19.3 Å². The van der Waals surface area contributed by atoms with Gasteiger partial charge in [0.1, 0.15) is 23.7 Å². The summed E-state index contributed by atoms with van der Waals surface area (Å²) in [6.07, 6.45) is 4.75. The first-order chi connectivity index (χ1) is 20.8. The van der Waals surface area contributed by atoms with Crippen LogP contribution in [0.1, 0.15) is 70.2 Å². The Kier molecular flexibility index (Phi) is 8.00. The quantitative estimate of drug-likeness (QED) is 0.293. The number of ether oxygens (including phenoxy) is 1. The molecule has 2 saturated heterocycles. The van der Waals surface area contributed by atoms with Crippen molar-refractivity contribution in [2.24, 2.45) is 0 Å². The Balaban J connectivity index is 1.25. The zero-order chi connectivity index (χ0) is 30.0. The molecule has 0 aliphatic carbocycles. The van der Waals surface area contributed by atoms with E-state index in [0.29, 0.717) is 54.0 Å². The average Bonchev–Trinajstić information content (AvgIpc) is 3.58. The number of halogens is 3. The molecule has 2 aliphatic heterocycles. The summed E-state index contributed by atoms with van der Waals surface area (Å²) in [5.74, 6) is 0.0351. The van der Waals surface area contributed by atoms with Gasteiger partial charge in [-0.15, -0.1) is 0 Å². The molecule has 12 heteroatoms. The van der Waals surface area contributed by atoms with E-state index in [1.807, 2.05) is 21.8 Å². The molecule has 0 spiro atoms. The van der Waals surface area contributed by atoms with Crippen LogP contribution in [0.25, 0.3) is 10.9 Å². The molecule has 4 aromatic rings. The molecule has 0 radical (unpaired) electrons. The third-order valence-electron chi connectivity index (χ3n) is 8.04. The summed E-state index contributed by atoms with van der Waals surface area (Å²) in [6.45, 7) is 2.40. The van der Waals surface area contributed by atoms with Crippen LogP contribution >= 0.6 is 0 Å². The Bertz CT molecular complexity index is 1590. The number of nitrogens with zero attached hydrogens (tertiary/aromatic N) is 6. The summed E-state index contributed by atoms with van der Waals surface area (Å²) in [4.78, 5) is 39.1. The molecule has 0 unspecified atom stereocenters. The molecule has 0 saturated carbocycles. The Hall–Kier alpha value is -4.48. The van der Waals surface area contributed by atoms with Crippen LogP contribution in [0.3, 0.4) is 0 Å². The molecule has 2 aliphatic rings. The summed E-state index contributed by atoms with van der Waals surface area (Å²) < 4.78 is 46.3. The van der Waals surface area contributed by atoms with E-state index in [2.05, 4.69) is 15.1 Å². The number of likely N-dealkylation sites (tertiary alicyclic amines) is 2. The number of piperidine rings is 2. The molecule has 9 nitrogen and oxygen atoms in total. The first kappa shape index (κ1) is 28.6.